The number of hydrogen-bond donors (Lipinski definition) is 1. The van der Waals surface area contributed by atoms with Gasteiger partial charge in [0.25, 0.3) is 0 Å². The molecule has 0 bridgehead atoms. The highest BCUT2D eigenvalue weighted by molar-refractivity contribution is 7.09. The van der Waals surface area contributed by atoms with Crippen LogP contribution in [0.5, 0.6) is 0 Å². The second-order valence-electron chi connectivity index (χ2n) is 3.48. The van der Waals surface area contributed by atoms with E-state index in [0.717, 1.165) is 25.1 Å². The topological polar surface area (TPSA) is 50.7 Å². The molecule has 0 radical (unpaired) electrons. The van der Waals surface area contributed by atoms with Gasteiger partial charge in [0.05, 0.1) is 16.9 Å². The van der Waals surface area contributed by atoms with E-state index in [0.29, 0.717) is 10.8 Å². The van der Waals surface area contributed by atoms with Crippen molar-refractivity contribution in [3.63, 3.8) is 0 Å². The summed E-state index contributed by atoms with van der Waals surface area (Å²) < 4.78 is 0. The van der Waals surface area contributed by atoms with Gasteiger partial charge in [-0.15, -0.1) is 11.3 Å². The van der Waals surface area contributed by atoms with Crippen LogP contribution in [0.2, 0.25) is 5.02 Å². The third-order valence-electron chi connectivity index (χ3n) is 2.24. The van der Waals surface area contributed by atoms with Crippen LogP contribution in [-0.2, 0) is 12.8 Å². The molecule has 0 saturated carbocycles. The Kier molecular flexibility index (Phi) is 4.28. The van der Waals surface area contributed by atoms with Crippen LogP contribution >= 0.6 is 22.9 Å². The highest BCUT2D eigenvalue weighted by Gasteiger charge is 2.02. The number of aryl methyl sites for hydroxylation is 1. The zero-order valence-corrected chi connectivity index (χ0v) is 11.1. The summed E-state index contributed by atoms with van der Waals surface area (Å²) in [5.41, 5.74) is 1.12. The first-order chi connectivity index (χ1) is 8.29. The Hall–Kier alpha value is -1.20. The Morgan fingerprint density at radius 1 is 1.47 bits per heavy atom. The van der Waals surface area contributed by atoms with Crippen LogP contribution < -0.4 is 5.32 Å². The van der Waals surface area contributed by atoms with Crippen molar-refractivity contribution in [2.24, 2.45) is 0 Å². The summed E-state index contributed by atoms with van der Waals surface area (Å²) in [5.74, 6) is 0.674. The lowest BCUT2D eigenvalue weighted by atomic mass is 10.3. The van der Waals surface area contributed by atoms with Crippen LogP contribution in [0.25, 0.3) is 0 Å². The molecular weight excluding hydrogens is 256 g/mol. The molecule has 0 amide bonds. The van der Waals surface area contributed by atoms with Gasteiger partial charge in [-0.3, -0.25) is 0 Å². The summed E-state index contributed by atoms with van der Waals surface area (Å²) in [4.78, 5) is 12.4. The highest BCUT2D eigenvalue weighted by atomic mass is 35.5. The number of anilines is 1. The fraction of sp³-hybridized carbons (Fsp3) is 0.364. The second kappa shape index (κ2) is 5.93. The third kappa shape index (κ3) is 3.38. The summed E-state index contributed by atoms with van der Waals surface area (Å²) >= 11 is 7.64. The van der Waals surface area contributed by atoms with Crippen molar-refractivity contribution < 1.29 is 0 Å². The standard InChI is InChI=1S/C11H13ClN4S/c1-2-10-16-8(6-17-10)3-4-14-11-9(12)5-13-7-15-11/h5-7H,2-4H2,1H3,(H,13,14,15). The van der Waals surface area contributed by atoms with Crippen molar-refractivity contribution in [2.75, 3.05) is 11.9 Å². The fourth-order valence-electron chi connectivity index (χ4n) is 1.38. The Morgan fingerprint density at radius 2 is 2.35 bits per heavy atom. The number of halogens is 1. The molecule has 0 fully saturated rings. The van der Waals surface area contributed by atoms with Crippen LogP contribution in [0, 0.1) is 0 Å². The van der Waals surface area contributed by atoms with Crippen molar-refractivity contribution in [1.82, 2.24) is 15.0 Å². The van der Waals surface area contributed by atoms with Gasteiger partial charge < -0.3 is 5.32 Å². The molecule has 17 heavy (non-hydrogen) atoms. The lowest BCUT2D eigenvalue weighted by Gasteiger charge is -2.04. The fourth-order valence-corrected chi connectivity index (χ4v) is 2.33. The summed E-state index contributed by atoms with van der Waals surface area (Å²) in [7, 11) is 0. The lowest BCUT2D eigenvalue weighted by molar-refractivity contribution is 0.943. The van der Waals surface area contributed by atoms with Gasteiger partial charge in [-0.2, -0.15) is 0 Å². The first kappa shape index (κ1) is 12.3. The van der Waals surface area contributed by atoms with Gasteiger partial charge in [0.1, 0.15) is 17.2 Å². The number of nitrogens with zero attached hydrogens (tertiary/aromatic N) is 3. The van der Waals surface area contributed by atoms with Gasteiger partial charge in [0.15, 0.2) is 0 Å². The molecular formula is C11H13ClN4S. The van der Waals surface area contributed by atoms with Crippen LogP contribution in [0.1, 0.15) is 17.6 Å². The molecule has 0 atom stereocenters. The molecule has 0 aliphatic carbocycles. The number of aromatic nitrogens is 3. The zero-order valence-electron chi connectivity index (χ0n) is 9.48. The molecule has 2 aromatic rings. The van der Waals surface area contributed by atoms with E-state index in [1.807, 2.05) is 0 Å². The smallest absolute Gasteiger partial charge is 0.148 e. The average Bonchev–Trinajstić information content (AvgIpc) is 2.80. The zero-order chi connectivity index (χ0) is 12.1. The van der Waals surface area contributed by atoms with E-state index in [2.05, 4.69) is 32.6 Å². The molecule has 4 nitrogen and oxygen atoms in total. The maximum absolute atomic E-state index is 5.93. The van der Waals surface area contributed by atoms with Crippen LogP contribution in [0.4, 0.5) is 5.82 Å². The molecule has 2 aromatic heterocycles. The van der Waals surface area contributed by atoms with Crippen molar-refractivity contribution >= 4 is 28.8 Å². The highest BCUT2D eigenvalue weighted by Crippen LogP contribution is 2.16. The summed E-state index contributed by atoms with van der Waals surface area (Å²) in [5, 5.41) is 6.99. The number of nitrogens with one attached hydrogen (secondary N) is 1. The van der Waals surface area contributed by atoms with Gasteiger partial charge in [-0.05, 0) is 6.42 Å². The van der Waals surface area contributed by atoms with Crippen LogP contribution in [-0.4, -0.2) is 21.5 Å². The van der Waals surface area contributed by atoms with Crippen molar-refractivity contribution in [1.29, 1.82) is 0 Å². The quantitative estimate of drug-likeness (QED) is 0.906. The molecule has 6 heteroatoms. The van der Waals surface area contributed by atoms with Crippen molar-refractivity contribution in [3.05, 3.63) is 33.6 Å². The largest absolute Gasteiger partial charge is 0.368 e. The Balaban J connectivity index is 1.85. The maximum Gasteiger partial charge on any atom is 0.148 e. The number of rotatable bonds is 5. The minimum Gasteiger partial charge on any atom is -0.368 e. The van der Waals surface area contributed by atoms with Crippen LogP contribution in [0.3, 0.4) is 0 Å². The van der Waals surface area contributed by atoms with E-state index in [9.17, 15) is 0 Å². The molecule has 0 aromatic carbocycles. The van der Waals surface area contributed by atoms with E-state index >= 15 is 0 Å². The maximum atomic E-state index is 5.93. The molecule has 0 saturated heterocycles. The first-order valence-corrected chi connectivity index (χ1v) is 6.68. The lowest BCUT2D eigenvalue weighted by Crippen LogP contribution is -2.07. The predicted octanol–water partition coefficient (Wildman–Crippen LogP) is 2.80. The molecule has 0 aliphatic rings. The van der Waals surface area contributed by atoms with Gasteiger partial charge in [0, 0.05) is 18.3 Å². The monoisotopic (exact) mass is 268 g/mol. The van der Waals surface area contributed by atoms with E-state index in [1.165, 1.54) is 11.3 Å². The average molecular weight is 269 g/mol. The summed E-state index contributed by atoms with van der Waals surface area (Å²) in [6, 6.07) is 0. The van der Waals surface area contributed by atoms with Crippen LogP contribution in [0.15, 0.2) is 17.9 Å². The van der Waals surface area contributed by atoms with E-state index in [-0.39, 0.29) is 0 Å². The third-order valence-corrected chi connectivity index (χ3v) is 3.56. The molecule has 0 aliphatic heterocycles. The van der Waals surface area contributed by atoms with Gasteiger partial charge >= 0.3 is 0 Å². The molecule has 1 N–H and O–H groups in total. The Bertz CT molecular complexity index is 486. The minimum absolute atomic E-state index is 0.542. The molecule has 2 heterocycles. The van der Waals surface area contributed by atoms with Crippen molar-refractivity contribution in [3.8, 4) is 0 Å². The van der Waals surface area contributed by atoms with Crippen molar-refractivity contribution in [2.45, 2.75) is 19.8 Å². The molecule has 0 unspecified atom stereocenters. The molecule has 90 valence electrons. The van der Waals surface area contributed by atoms with E-state index < -0.39 is 0 Å². The first-order valence-electron chi connectivity index (χ1n) is 5.42. The minimum atomic E-state index is 0.542. The SMILES string of the molecule is CCc1nc(CCNc2ncncc2Cl)cs1. The van der Waals surface area contributed by atoms with Gasteiger partial charge in [0.2, 0.25) is 0 Å². The van der Waals surface area contributed by atoms with E-state index in [1.54, 1.807) is 17.5 Å². The normalized spacial score (nSPS) is 10.5. The molecule has 0 spiro atoms. The number of hydrogen-bond acceptors (Lipinski definition) is 5. The number of thiazole rings is 1. The van der Waals surface area contributed by atoms with Gasteiger partial charge in [-0.25, -0.2) is 15.0 Å². The van der Waals surface area contributed by atoms with E-state index in [4.69, 9.17) is 11.6 Å². The Labute approximate surface area is 109 Å². The molecule has 2 rings (SSSR count). The summed E-state index contributed by atoms with van der Waals surface area (Å²) in [6.07, 6.45) is 4.92. The predicted molar refractivity (Wildman–Crippen MR) is 70.7 cm³/mol. The summed E-state index contributed by atoms with van der Waals surface area (Å²) in [6.45, 7) is 2.88. The second-order valence-corrected chi connectivity index (χ2v) is 4.83. The Morgan fingerprint density at radius 3 is 3.06 bits per heavy atom. The van der Waals surface area contributed by atoms with Gasteiger partial charge in [-0.1, -0.05) is 18.5 Å².